The van der Waals surface area contributed by atoms with E-state index in [-0.39, 0.29) is 11.7 Å². The largest absolute Gasteiger partial charge is 0.444 e. The van der Waals surface area contributed by atoms with Gasteiger partial charge in [-0.05, 0) is 59.2 Å². The van der Waals surface area contributed by atoms with Crippen molar-refractivity contribution in [3.63, 3.8) is 0 Å². The van der Waals surface area contributed by atoms with Crippen LogP contribution in [0.4, 0.5) is 0 Å². The highest BCUT2D eigenvalue weighted by atomic mass is 79.9. The highest BCUT2D eigenvalue weighted by Crippen LogP contribution is 2.43. The van der Waals surface area contributed by atoms with Gasteiger partial charge in [0, 0.05) is 0 Å². The Hall–Kier alpha value is -0.820. The van der Waals surface area contributed by atoms with E-state index < -0.39 is 21.2 Å². The van der Waals surface area contributed by atoms with E-state index in [0.29, 0.717) is 17.0 Å². The molecule has 4 rings (SSSR count). The van der Waals surface area contributed by atoms with Crippen LogP contribution in [0.1, 0.15) is 42.7 Å². The van der Waals surface area contributed by atoms with E-state index in [9.17, 15) is 13.2 Å². The second kappa shape index (κ2) is 5.18. The molecule has 20 heavy (non-hydrogen) atoms. The molecular formula is C13H16BrNO4S. The molecule has 0 spiro atoms. The number of halogens is 1. The molecule has 0 aromatic carbocycles. The van der Waals surface area contributed by atoms with Gasteiger partial charge in [0.2, 0.25) is 10.0 Å². The monoisotopic (exact) mass is 361 g/mol. The van der Waals surface area contributed by atoms with E-state index in [1.807, 2.05) is 0 Å². The minimum absolute atomic E-state index is 0.00131. The molecule has 1 aromatic heterocycles. The molecule has 0 radical (unpaired) electrons. The molecule has 3 aliphatic carbocycles. The van der Waals surface area contributed by atoms with Crippen LogP contribution in [0.5, 0.6) is 0 Å². The molecule has 1 heterocycles. The second-order valence-electron chi connectivity index (χ2n) is 5.63. The van der Waals surface area contributed by atoms with Crippen molar-refractivity contribution in [3.05, 3.63) is 22.6 Å². The van der Waals surface area contributed by atoms with Gasteiger partial charge in [0.25, 0.3) is 5.91 Å². The van der Waals surface area contributed by atoms with E-state index in [0.717, 1.165) is 25.7 Å². The third-order valence-corrected chi connectivity index (χ3v) is 6.68. The molecule has 110 valence electrons. The molecule has 1 aromatic rings. The van der Waals surface area contributed by atoms with Gasteiger partial charge in [-0.2, -0.15) is 0 Å². The summed E-state index contributed by atoms with van der Waals surface area (Å²) in [7, 11) is -3.63. The summed E-state index contributed by atoms with van der Waals surface area (Å²) in [5.74, 6) is -0.0124. The summed E-state index contributed by atoms with van der Waals surface area (Å²) in [6.45, 7) is 0. The molecule has 2 bridgehead atoms. The van der Waals surface area contributed by atoms with E-state index in [1.54, 1.807) is 6.07 Å². The average molecular weight is 362 g/mol. The molecule has 3 aliphatic rings. The number of hydrogen-bond donors (Lipinski definition) is 1. The molecular weight excluding hydrogens is 346 g/mol. The SMILES string of the molecule is O=C(NS(=O)(=O)C1CC2CCC1CC2)c1ccc(Br)o1. The number of fused-ring (bicyclic) bond motifs is 3. The zero-order valence-corrected chi connectivity index (χ0v) is 13.2. The van der Waals surface area contributed by atoms with Crippen LogP contribution < -0.4 is 4.72 Å². The number of carbonyl (C=O) groups excluding carboxylic acids is 1. The third kappa shape index (κ3) is 2.65. The van der Waals surface area contributed by atoms with Crippen molar-refractivity contribution in [2.75, 3.05) is 0 Å². The Bertz CT molecular complexity index is 616. The van der Waals surface area contributed by atoms with Gasteiger partial charge in [0.15, 0.2) is 10.4 Å². The number of carbonyl (C=O) groups is 1. The highest BCUT2D eigenvalue weighted by molar-refractivity contribution is 9.10. The zero-order valence-electron chi connectivity index (χ0n) is 10.8. The third-order valence-electron chi connectivity index (χ3n) is 4.41. The first-order valence-electron chi connectivity index (χ1n) is 6.77. The first-order valence-corrected chi connectivity index (χ1v) is 9.11. The Morgan fingerprint density at radius 2 is 1.95 bits per heavy atom. The van der Waals surface area contributed by atoms with Crippen molar-refractivity contribution in [2.45, 2.75) is 37.4 Å². The molecule has 1 atom stereocenters. The summed E-state index contributed by atoms with van der Waals surface area (Å²) in [6.07, 6.45) is 4.83. The lowest BCUT2D eigenvalue weighted by atomic mass is 9.70. The van der Waals surface area contributed by atoms with Crippen LogP contribution in [0, 0.1) is 11.8 Å². The van der Waals surface area contributed by atoms with Crippen LogP contribution in [0.25, 0.3) is 0 Å². The molecule has 7 heteroatoms. The minimum atomic E-state index is -3.63. The molecule has 1 amide bonds. The van der Waals surface area contributed by atoms with Crippen LogP contribution >= 0.6 is 15.9 Å². The molecule has 1 N–H and O–H groups in total. The topological polar surface area (TPSA) is 76.4 Å². The fourth-order valence-corrected chi connectivity index (χ4v) is 5.51. The van der Waals surface area contributed by atoms with Gasteiger partial charge in [0.05, 0.1) is 5.25 Å². The fourth-order valence-electron chi connectivity index (χ4n) is 3.39. The number of rotatable bonds is 3. The lowest BCUT2D eigenvalue weighted by Crippen LogP contribution is -2.47. The molecule has 0 aliphatic heterocycles. The van der Waals surface area contributed by atoms with Crippen molar-refractivity contribution in [1.29, 1.82) is 0 Å². The van der Waals surface area contributed by atoms with E-state index in [2.05, 4.69) is 20.7 Å². The van der Waals surface area contributed by atoms with Crippen molar-refractivity contribution >= 4 is 31.9 Å². The first-order chi connectivity index (χ1) is 9.45. The summed E-state index contributed by atoms with van der Waals surface area (Å²) in [6, 6.07) is 3.01. The van der Waals surface area contributed by atoms with Gasteiger partial charge in [-0.3, -0.25) is 4.79 Å². The fraction of sp³-hybridized carbons (Fsp3) is 0.615. The first kappa shape index (κ1) is 14.1. The lowest BCUT2D eigenvalue weighted by Gasteiger charge is -2.41. The van der Waals surface area contributed by atoms with Gasteiger partial charge < -0.3 is 4.42 Å². The summed E-state index contributed by atoms with van der Waals surface area (Å²) in [5.41, 5.74) is 0. The predicted molar refractivity (Wildman–Crippen MR) is 76.6 cm³/mol. The Labute approximate surface area is 126 Å². The second-order valence-corrected chi connectivity index (χ2v) is 8.32. The summed E-state index contributed by atoms with van der Waals surface area (Å²) >= 11 is 3.09. The number of hydrogen-bond acceptors (Lipinski definition) is 4. The highest BCUT2D eigenvalue weighted by Gasteiger charge is 2.43. The molecule has 0 saturated heterocycles. The molecule has 5 nitrogen and oxygen atoms in total. The van der Waals surface area contributed by atoms with Gasteiger partial charge in [0.1, 0.15) is 0 Å². The van der Waals surface area contributed by atoms with Gasteiger partial charge in [-0.15, -0.1) is 0 Å². The van der Waals surface area contributed by atoms with Gasteiger partial charge in [-0.1, -0.05) is 12.8 Å². The maximum Gasteiger partial charge on any atom is 0.300 e. The minimum Gasteiger partial charge on any atom is -0.444 e. The van der Waals surface area contributed by atoms with Crippen molar-refractivity contribution < 1.29 is 17.6 Å². The molecule has 1 unspecified atom stereocenters. The molecule has 3 saturated carbocycles. The van der Waals surface area contributed by atoms with Crippen LogP contribution in [0.3, 0.4) is 0 Å². The quantitative estimate of drug-likeness (QED) is 0.897. The van der Waals surface area contributed by atoms with Crippen molar-refractivity contribution in [2.24, 2.45) is 11.8 Å². The molecule has 3 fully saturated rings. The van der Waals surface area contributed by atoms with Gasteiger partial charge in [-0.25, -0.2) is 13.1 Å². The van der Waals surface area contributed by atoms with E-state index >= 15 is 0 Å². The normalized spacial score (nSPS) is 29.4. The number of nitrogens with one attached hydrogen (secondary N) is 1. The smallest absolute Gasteiger partial charge is 0.300 e. The predicted octanol–water partition coefficient (Wildman–Crippen LogP) is 2.68. The Morgan fingerprint density at radius 3 is 2.45 bits per heavy atom. The van der Waals surface area contributed by atoms with Crippen LogP contribution in [0.15, 0.2) is 21.2 Å². The maximum atomic E-state index is 12.4. The summed E-state index contributed by atoms with van der Waals surface area (Å²) < 4.78 is 32.4. The standard InChI is InChI=1S/C13H16BrNO4S/c14-12-6-5-10(19-12)13(16)15-20(17,18)11-7-8-1-3-9(11)4-2-8/h5-6,8-9,11H,1-4,7H2,(H,15,16). The Morgan fingerprint density at radius 1 is 1.25 bits per heavy atom. The van der Waals surface area contributed by atoms with Crippen molar-refractivity contribution in [3.8, 4) is 0 Å². The maximum absolute atomic E-state index is 12.4. The zero-order chi connectivity index (χ0) is 14.3. The van der Waals surface area contributed by atoms with Crippen LogP contribution in [-0.2, 0) is 10.0 Å². The van der Waals surface area contributed by atoms with Crippen molar-refractivity contribution in [1.82, 2.24) is 4.72 Å². The average Bonchev–Trinajstić information content (AvgIpc) is 2.86. The van der Waals surface area contributed by atoms with Gasteiger partial charge >= 0.3 is 0 Å². The lowest BCUT2D eigenvalue weighted by molar-refractivity contribution is 0.0950. The Kier molecular flexibility index (Phi) is 3.66. The number of sulfonamides is 1. The Balaban J connectivity index is 1.74. The van der Waals surface area contributed by atoms with Crippen LogP contribution in [0.2, 0.25) is 0 Å². The summed E-state index contributed by atoms with van der Waals surface area (Å²) in [5, 5.41) is -0.433. The number of furan rings is 1. The summed E-state index contributed by atoms with van der Waals surface area (Å²) in [4.78, 5) is 11.9. The van der Waals surface area contributed by atoms with E-state index in [4.69, 9.17) is 4.42 Å². The van der Waals surface area contributed by atoms with E-state index in [1.165, 1.54) is 6.07 Å². The van der Waals surface area contributed by atoms with Crippen LogP contribution in [-0.4, -0.2) is 19.6 Å². The number of amides is 1.